The lowest BCUT2D eigenvalue weighted by Crippen LogP contribution is -2.19. The second kappa shape index (κ2) is 4.04. The zero-order valence-corrected chi connectivity index (χ0v) is 7.47. The van der Waals surface area contributed by atoms with Gasteiger partial charge in [-0.2, -0.15) is 0 Å². The summed E-state index contributed by atoms with van der Waals surface area (Å²) in [7, 11) is 0. The number of carbonyl (C=O) groups is 1. The molecule has 0 radical (unpaired) electrons. The normalized spacial score (nSPS) is 12.8. The Morgan fingerprint density at radius 3 is 3.08 bits per heavy atom. The summed E-state index contributed by atoms with van der Waals surface area (Å²) in [6.45, 7) is 2.71. The molecule has 0 aliphatic heterocycles. The summed E-state index contributed by atoms with van der Waals surface area (Å²) in [5, 5.41) is 8.53. The Morgan fingerprint density at radius 1 is 1.85 bits per heavy atom. The number of imidazole rings is 1. The van der Waals surface area contributed by atoms with E-state index in [0.29, 0.717) is 5.82 Å². The topological polar surface area (TPSA) is 81.1 Å². The molecule has 0 saturated heterocycles. The smallest absolute Gasteiger partial charge is 0.305 e. The van der Waals surface area contributed by atoms with E-state index < -0.39 is 12.0 Å². The third-order valence-electron chi connectivity index (χ3n) is 1.81. The molecule has 0 aliphatic rings. The Kier molecular flexibility index (Phi) is 3.02. The van der Waals surface area contributed by atoms with Gasteiger partial charge in [0.05, 0.1) is 12.5 Å². The number of aliphatic carboxylic acids is 1. The molecule has 0 aromatic carbocycles. The van der Waals surface area contributed by atoms with Crippen LogP contribution in [0, 0.1) is 0 Å². The first-order valence-corrected chi connectivity index (χ1v) is 4.13. The number of hydrogen-bond donors (Lipinski definition) is 2. The molecule has 0 aliphatic carbocycles. The average molecular weight is 183 g/mol. The molecule has 1 aromatic rings. The molecule has 0 amide bonds. The van der Waals surface area contributed by atoms with Gasteiger partial charge in [0.25, 0.3) is 0 Å². The number of aromatic nitrogens is 2. The van der Waals surface area contributed by atoms with Crippen molar-refractivity contribution >= 4 is 5.97 Å². The Hall–Kier alpha value is -1.36. The van der Waals surface area contributed by atoms with Crippen molar-refractivity contribution in [3.8, 4) is 0 Å². The lowest BCUT2D eigenvalue weighted by atomic mass is 10.2. The van der Waals surface area contributed by atoms with Crippen molar-refractivity contribution in [3.05, 3.63) is 18.2 Å². The molecule has 13 heavy (non-hydrogen) atoms. The van der Waals surface area contributed by atoms with Gasteiger partial charge in [0, 0.05) is 18.9 Å². The summed E-state index contributed by atoms with van der Waals surface area (Å²) in [6, 6.07) is -0.521. The van der Waals surface area contributed by atoms with E-state index in [0.717, 1.165) is 6.54 Å². The summed E-state index contributed by atoms with van der Waals surface area (Å²) >= 11 is 0. The molecule has 3 N–H and O–H groups in total. The van der Waals surface area contributed by atoms with E-state index in [9.17, 15) is 4.79 Å². The third-order valence-corrected chi connectivity index (χ3v) is 1.81. The molecular weight excluding hydrogens is 170 g/mol. The van der Waals surface area contributed by atoms with Gasteiger partial charge >= 0.3 is 5.97 Å². The van der Waals surface area contributed by atoms with Crippen molar-refractivity contribution in [1.29, 1.82) is 0 Å². The molecule has 0 saturated carbocycles. The number of hydrogen-bond acceptors (Lipinski definition) is 3. The van der Waals surface area contributed by atoms with Crippen LogP contribution in [-0.4, -0.2) is 20.6 Å². The van der Waals surface area contributed by atoms with Gasteiger partial charge in [-0.3, -0.25) is 4.79 Å². The Labute approximate surface area is 76.2 Å². The fraction of sp³-hybridized carbons (Fsp3) is 0.500. The first kappa shape index (κ1) is 9.73. The van der Waals surface area contributed by atoms with Gasteiger partial charge in [0.15, 0.2) is 0 Å². The lowest BCUT2D eigenvalue weighted by molar-refractivity contribution is -0.137. The first-order chi connectivity index (χ1) is 6.15. The number of nitrogens with two attached hydrogens (primary N) is 1. The summed E-state index contributed by atoms with van der Waals surface area (Å²) in [5.41, 5.74) is 5.65. The molecule has 0 spiro atoms. The second-order valence-electron chi connectivity index (χ2n) is 2.78. The minimum atomic E-state index is -0.904. The van der Waals surface area contributed by atoms with E-state index in [-0.39, 0.29) is 6.42 Å². The van der Waals surface area contributed by atoms with Crippen LogP contribution in [-0.2, 0) is 11.3 Å². The van der Waals surface area contributed by atoms with E-state index in [4.69, 9.17) is 10.8 Å². The predicted octanol–water partition coefficient (Wildman–Crippen LogP) is 0.378. The zero-order chi connectivity index (χ0) is 9.84. The molecule has 1 atom stereocenters. The zero-order valence-electron chi connectivity index (χ0n) is 7.47. The quantitative estimate of drug-likeness (QED) is 0.707. The largest absolute Gasteiger partial charge is 0.481 e. The number of aryl methyl sites for hydroxylation is 1. The molecule has 5 nitrogen and oxygen atoms in total. The highest BCUT2D eigenvalue weighted by atomic mass is 16.4. The summed E-state index contributed by atoms with van der Waals surface area (Å²) in [4.78, 5) is 14.4. The predicted molar refractivity (Wildman–Crippen MR) is 47.1 cm³/mol. The second-order valence-corrected chi connectivity index (χ2v) is 2.78. The first-order valence-electron chi connectivity index (χ1n) is 4.13. The minimum Gasteiger partial charge on any atom is -0.481 e. The maximum atomic E-state index is 10.4. The Bertz CT molecular complexity index is 295. The van der Waals surface area contributed by atoms with Gasteiger partial charge in [0.2, 0.25) is 0 Å². The van der Waals surface area contributed by atoms with Crippen LogP contribution < -0.4 is 5.73 Å². The van der Waals surface area contributed by atoms with Crippen LogP contribution in [0.3, 0.4) is 0 Å². The number of nitrogens with zero attached hydrogens (tertiary/aromatic N) is 2. The molecule has 0 fully saturated rings. The fourth-order valence-electron chi connectivity index (χ4n) is 1.20. The average Bonchev–Trinajstić information content (AvgIpc) is 2.49. The van der Waals surface area contributed by atoms with Gasteiger partial charge in [0.1, 0.15) is 5.82 Å². The Balaban J connectivity index is 2.75. The van der Waals surface area contributed by atoms with Crippen LogP contribution in [0.2, 0.25) is 0 Å². The number of rotatable bonds is 4. The molecule has 72 valence electrons. The van der Waals surface area contributed by atoms with Gasteiger partial charge in [-0.05, 0) is 6.92 Å². The van der Waals surface area contributed by atoms with E-state index in [1.165, 1.54) is 0 Å². The highest BCUT2D eigenvalue weighted by molar-refractivity contribution is 5.67. The maximum absolute atomic E-state index is 10.4. The minimum absolute atomic E-state index is 0.0863. The van der Waals surface area contributed by atoms with E-state index in [1.54, 1.807) is 12.4 Å². The molecule has 0 bridgehead atoms. The van der Waals surface area contributed by atoms with Crippen LogP contribution >= 0.6 is 0 Å². The van der Waals surface area contributed by atoms with Crippen molar-refractivity contribution < 1.29 is 9.90 Å². The van der Waals surface area contributed by atoms with Crippen molar-refractivity contribution in [2.24, 2.45) is 5.73 Å². The van der Waals surface area contributed by atoms with Gasteiger partial charge < -0.3 is 15.4 Å². The number of carboxylic acids is 1. The molecule has 1 heterocycles. The SMILES string of the molecule is CCn1ccnc1C(N)CC(=O)O. The van der Waals surface area contributed by atoms with Gasteiger partial charge in [-0.1, -0.05) is 0 Å². The van der Waals surface area contributed by atoms with Crippen LogP contribution in [0.15, 0.2) is 12.4 Å². The fourth-order valence-corrected chi connectivity index (χ4v) is 1.20. The van der Waals surface area contributed by atoms with Gasteiger partial charge in [-0.15, -0.1) is 0 Å². The molecule has 1 rings (SSSR count). The van der Waals surface area contributed by atoms with E-state index >= 15 is 0 Å². The summed E-state index contributed by atoms with van der Waals surface area (Å²) in [5.74, 6) is -0.275. The molecule has 5 heteroatoms. The third kappa shape index (κ3) is 2.29. The molecule has 1 unspecified atom stereocenters. The van der Waals surface area contributed by atoms with Crippen LogP contribution in [0.1, 0.15) is 25.2 Å². The van der Waals surface area contributed by atoms with Crippen molar-refractivity contribution in [3.63, 3.8) is 0 Å². The van der Waals surface area contributed by atoms with E-state index in [1.807, 2.05) is 11.5 Å². The highest BCUT2D eigenvalue weighted by Crippen LogP contribution is 2.11. The van der Waals surface area contributed by atoms with E-state index in [2.05, 4.69) is 4.98 Å². The van der Waals surface area contributed by atoms with Crippen molar-refractivity contribution in [2.45, 2.75) is 25.9 Å². The van der Waals surface area contributed by atoms with Gasteiger partial charge in [-0.25, -0.2) is 4.98 Å². The van der Waals surface area contributed by atoms with Crippen LogP contribution in [0.25, 0.3) is 0 Å². The maximum Gasteiger partial charge on any atom is 0.305 e. The lowest BCUT2D eigenvalue weighted by Gasteiger charge is -2.10. The van der Waals surface area contributed by atoms with Crippen molar-refractivity contribution in [2.75, 3.05) is 0 Å². The number of carboxylic acid groups (broad SMARTS) is 1. The van der Waals surface area contributed by atoms with Crippen LogP contribution in [0.4, 0.5) is 0 Å². The highest BCUT2D eigenvalue weighted by Gasteiger charge is 2.14. The Morgan fingerprint density at radius 2 is 2.54 bits per heavy atom. The summed E-state index contributed by atoms with van der Waals surface area (Å²) < 4.78 is 1.84. The van der Waals surface area contributed by atoms with Crippen molar-refractivity contribution in [1.82, 2.24) is 9.55 Å². The molecule has 1 aromatic heterocycles. The summed E-state index contributed by atoms with van der Waals surface area (Å²) in [6.07, 6.45) is 3.33. The monoisotopic (exact) mass is 183 g/mol. The standard InChI is InChI=1S/C8H13N3O2/c1-2-11-4-3-10-8(11)6(9)5-7(12)13/h3-4,6H,2,5,9H2,1H3,(H,12,13). The van der Waals surface area contributed by atoms with Crippen LogP contribution in [0.5, 0.6) is 0 Å². The molecular formula is C8H13N3O2.